The Balaban J connectivity index is 2.29. The van der Waals surface area contributed by atoms with Crippen molar-refractivity contribution in [3.05, 3.63) is 60.1 Å². The van der Waals surface area contributed by atoms with Gasteiger partial charge in [-0.1, -0.05) is 52.9 Å². The van der Waals surface area contributed by atoms with Crippen molar-refractivity contribution < 1.29 is 4.42 Å². The minimum absolute atomic E-state index is 0.314. The maximum atomic E-state index is 5.34. The van der Waals surface area contributed by atoms with Gasteiger partial charge in [0.1, 0.15) is 5.76 Å². The van der Waals surface area contributed by atoms with Crippen molar-refractivity contribution in [2.75, 3.05) is 0 Å². The molecule has 0 aliphatic heterocycles. The molecule has 0 amide bonds. The average Bonchev–Trinajstić information content (AvgIpc) is 2.71. The monoisotopic (exact) mass is 284 g/mol. The van der Waals surface area contributed by atoms with Crippen LogP contribution in [0.15, 0.2) is 53.1 Å². The average molecular weight is 284 g/mol. The van der Waals surface area contributed by atoms with Crippen LogP contribution in [0.2, 0.25) is 0 Å². The third-order valence-corrected chi connectivity index (χ3v) is 3.22. The van der Waals surface area contributed by atoms with E-state index in [1.807, 2.05) is 30.3 Å². The summed E-state index contributed by atoms with van der Waals surface area (Å²) in [6, 6.07) is 14.3. The van der Waals surface area contributed by atoms with Gasteiger partial charge in [-0.3, -0.25) is 0 Å². The largest absolute Gasteiger partial charge is 0.468 e. The highest BCUT2D eigenvalue weighted by molar-refractivity contribution is 14.1. The van der Waals surface area contributed by atoms with Crippen molar-refractivity contribution in [2.45, 2.75) is 3.92 Å². The molecule has 0 saturated carbocycles. The van der Waals surface area contributed by atoms with Gasteiger partial charge < -0.3 is 4.42 Å². The molecule has 1 unspecified atom stereocenters. The van der Waals surface area contributed by atoms with Gasteiger partial charge in [-0.15, -0.1) is 0 Å². The fourth-order valence-electron chi connectivity index (χ4n) is 1.22. The Kier molecular flexibility index (Phi) is 2.68. The van der Waals surface area contributed by atoms with Gasteiger partial charge in [-0.25, -0.2) is 0 Å². The molecular weight excluding hydrogens is 275 g/mol. The molecule has 13 heavy (non-hydrogen) atoms. The van der Waals surface area contributed by atoms with E-state index in [-0.39, 0.29) is 0 Å². The topological polar surface area (TPSA) is 13.1 Å². The molecule has 1 nitrogen and oxygen atoms in total. The Morgan fingerprint density at radius 3 is 2.38 bits per heavy atom. The van der Waals surface area contributed by atoms with Gasteiger partial charge in [0, 0.05) is 0 Å². The third-order valence-electron chi connectivity index (χ3n) is 1.89. The van der Waals surface area contributed by atoms with Gasteiger partial charge in [0.05, 0.1) is 10.2 Å². The highest BCUT2D eigenvalue weighted by Gasteiger charge is 2.11. The van der Waals surface area contributed by atoms with Crippen molar-refractivity contribution in [2.24, 2.45) is 0 Å². The number of furan rings is 1. The summed E-state index contributed by atoms with van der Waals surface area (Å²) in [4.78, 5) is 0. The summed E-state index contributed by atoms with van der Waals surface area (Å²) in [7, 11) is 0. The Labute approximate surface area is 90.9 Å². The first-order chi connectivity index (χ1) is 6.38. The van der Waals surface area contributed by atoms with Crippen molar-refractivity contribution in [1.29, 1.82) is 0 Å². The van der Waals surface area contributed by atoms with E-state index >= 15 is 0 Å². The molecule has 2 rings (SSSR count). The molecule has 2 aromatic rings. The zero-order valence-electron chi connectivity index (χ0n) is 6.98. The number of halogens is 1. The van der Waals surface area contributed by atoms with Crippen LogP contribution in [-0.2, 0) is 0 Å². The summed E-state index contributed by atoms with van der Waals surface area (Å²) in [6.07, 6.45) is 1.71. The lowest BCUT2D eigenvalue weighted by molar-refractivity contribution is 0.522. The molecule has 0 fully saturated rings. The number of rotatable bonds is 2. The Morgan fingerprint density at radius 1 is 1.00 bits per heavy atom. The second kappa shape index (κ2) is 3.96. The van der Waals surface area contributed by atoms with Crippen LogP contribution in [0.1, 0.15) is 15.2 Å². The quantitative estimate of drug-likeness (QED) is 0.604. The van der Waals surface area contributed by atoms with E-state index in [4.69, 9.17) is 4.42 Å². The van der Waals surface area contributed by atoms with Crippen molar-refractivity contribution in [3.8, 4) is 0 Å². The van der Waals surface area contributed by atoms with Gasteiger partial charge in [0.25, 0.3) is 0 Å². The molecule has 0 saturated heterocycles. The minimum Gasteiger partial charge on any atom is -0.468 e. The summed E-state index contributed by atoms with van der Waals surface area (Å²) in [6.45, 7) is 0. The van der Waals surface area contributed by atoms with Crippen LogP contribution in [0.5, 0.6) is 0 Å². The molecule has 0 spiro atoms. The maximum absolute atomic E-state index is 5.34. The highest BCUT2D eigenvalue weighted by Crippen LogP contribution is 2.30. The van der Waals surface area contributed by atoms with Crippen LogP contribution in [0.25, 0.3) is 0 Å². The molecule has 0 radical (unpaired) electrons. The van der Waals surface area contributed by atoms with E-state index in [1.54, 1.807) is 6.26 Å². The van der Waals surface area contributed by atoms with E-state index < -0.39 is 0 Å². The van der Waals surface area contributed by atoms with Crippen molar-refractivity contribution in [1.82, 2.24) is 0 Å². The summed E-state index contributed by atoms with van der Waals surface area (Å²) in [5.74, 6) is 1.01. The number of benzene rings is 1. The lowest BCUT2D eigenvalue weighted by Crippen LogP contribution is -1.88. The molecule has 1 aromatic carbocycles. The molecular formula is C11H9IO. The summed E-state index contributed by atoms with van der Waals surface area (Å²) in [5, 5.41) is 0. The van der Waals surface area contributed by atoms with Crippen LogP contribution in [-0.4, -0.2) is 0 Å². The lowest BCUT2D eigenvalue weighted by Gasteiger charge is -2.05. The molecule has 1 heterocycles. The zero-order valence-corrected chi connectivity index (χ0v) is 9.14. The Morgan fingerprint density at radius 2 is 1.77 bits per heavy atom. The predicted octanol–water partition coefficient (Wildman–Crippen LogP) is 3.80. The van der Waals surface area contributed by atoms with Crippen molar-refractivity contribution >= 4 is 22.6 Å². The molecule has 0 aliphatic rings. The van der Waals surface area contributed by atoms with E-state index in [1.165, 1.54) is 5.56 Å². The van der Waals surface area contributed by atoms with Crippen LogP contribution >= 0.6 is 22.6 Å². The zero-order chi connectivity index (χ0) is 9.10. The van der Waals surface area contributed by atoms with E-state index in [9.17, 15) is 0 Å². The van der Waals surface area contributed by atoms with E-state index in [2.05, 4.69) is 34.7 Å². The molecule has 2 heteroatoms. The van der Waals surface area contributed by atoms with Gasteiger partial charge >= 0.3 is 0 Å². The summed E-state index contributed by atoms with van der Waals surface area (Å²) < 4.78 is 5.66. The van der Waals surface area contributed by atoms with Crippen LogP contribution in [0.3, 0.4) is 0 Å². The maximum Gasteiger partial charge on any atom is 0.121 e. The van der Waals surface area contributed by atoms with Gasteiger partial charge in [-0.2, -0.15) is 0 Å². The van der Waals surface area contributed by atoms with Gasteiger partial charge in [0.2, 0.25) is 0 Å². The smallest absolute Gasteiger partial charge is 0.121 e. The molecule has 0 bridgehead atoms. The van der Waals surface area contributed by atoms with Crippen LogP contribution in [0.4, 0.5) is 0 Å². The molecule has 1 atom stereocenters. The number of alkyl halides is 1. The molecule has 0 aliphatic carbocycles. The molecule has 1 aromatic heterocycles. The predicted molar refractivity (Wildman–Crippen MR) is 61.0 cm³/mol. The fourth-order valence-corrected chi connectivity index (χ4v) is 1.99. The molecule has 66 valence electrons. The van der Waals surface area contributed by atoms with E-state index in [0.29, 0.717) is 3.92 Å². The SMILES string of the molecule is IC(c1ccccc1)c1ccco1. The van der Waals surface area contributed by atoms with E-state index in [0.717, 1.165) is 5.76 Å². The van der Waals surface area contributed by atoms with Crippen LogP contribution < -0.4 is 0 Å². The number of hydrogen-bond acceptors (Lipinski definition) is 1. The summed E-state index contributed by atoms with van der Waals surface area (Å²) in [5.41, 5.74) is 1.28. The summed E-state index contributed by atoms with van der Waals surface area (Å²) >= 11 is 2.38. The first-order valence-electron chi connectivity index (χ1n) is 4.10. The minimum atomic E-state index is 0.314. The Bertz CT molecular complexity index is 353. The second-order valence-electron chi connectivity index (χ2n) is 2.79. The first-order valence-corrected chi connectivity index (χ1v) is 5.35. The van der Waals surface area contributed by atoms with Gasteiger partial charge in [-0.05, 0) is 17.7 Å². The normalized spacial score (nSPS) is 12.7. The van der Waals surface area contributed by atoms with Crippen LogP contribution in [0, 0.1) is 0 Å². The van der Waals surface area contributed by atoms with Gasteiger partial charge in [0.15, 0.2) is 0 Å². The lowest BCUT2D eigenvalue weighted by atomic mass is 10.1. The third kappa shape index (κ3) is 1.94. The number of hydrogen-bond donors (Lipinski definition) is 0. The molecule has 0 N–H and O–H groups in total. The second-order valence-corrected chi connectivity index (χ2v) is 4.03. The fraction of sp³-hybridized carbons (Fsp3) is 0.0909. The standard InChI is InChI=1S/C11H9IO/c12-11(10-7-4-8-13-10)9-5-2-1-3-6-9/h1-8,11H. The highest BCUT2D eigenvalue weighted by atomic mass is 127. The van der Waals surface area contributed by atoms with Crippen molar-refractivity contribution in [3.63, 3.8) is 0 Å². The first kappa shape index (κ1) is 8.81. The Hall–Kier alpha value is -0.770.